The predicted octanol–water partition coefficient (Wildman–Crippen LogP) is 10.9. The van der Waals surface area contributed by atoms with Crippen molar-refractivity contribution in [1.82, 2.24) is 4.90 Å². The first kappa shape index (κ1) is 39.9. The number of allylic oxidation sites excluding steroid dienone is 12. The van der Waals surface area contributed by atoms with E-state index in [2.05, 4.69) is 96.7 Å². The van der Waals surface area contributed by atoms with E-state index in [9.17, 15) is 4.79 Å². The van der Waals surface area contributed by atoms with Crippen LogP contribution >= 0.6 is 0 Å². The van der Waals surface area contributed by atoms with Crippen molar-refractivity contribution in [3.63, 3.8) is 0 Å². The van der Waals surface area contributed by atoms with Gasteiger partial charge < -0.3 is 9.47 Å². The van der Waals surface area contributed by atoms with Crippen LogP contribution in [0, 0.1) is 5.92 Å². The van der Waals surface area contributed by atoms with E-state index in [0.717, 1.165) is 103 Å². The number of nitrogens with zero attached hydrogens (tertiary/aromatic N) is 1. The molecule has 0 radical (unpaired) electrons. The van der Waals surface area contributed by atoms with Gasteiger partial charge in [0, 0.05) is 25.4 Å². The highest BCUT2D eigenvalue weighted by molar-refractivity contribution is 5.69. The molecule has 0 atom stereocenters. The molecule has 0 aromatic carbocycles. The second kappa shape index (κ2) is 25.1. The SMILES string of the molecule is CC(C)=CCC/C(C)=C/CC/C(C)=C/CC(C/C=C(\C)CC/C=C(\C)CCC=C(C)C)COC(=O)CCCN1CCOCC1. The second-order valence-electron chi connectivity index (χ2n) is 13.5. The molecule has 0 bridgehead atoms. The van der Waals surface area contributed by atoms with Gasteiger partial charge in [0.05, 0.1) is 19.8 Å². The molecule has 1 saturated heterocycles. The zero-order chi connectivity index (χ0) is 32.6. The van der Waals surface area contributed by atoms with Crippen molar-refractivity contribution in [3.8, 4) is 0 Å². The van der Waals surface area contributed by atoms with Gasteiger partial charge in [-0.05, 0) is 133 Å². The lowest BCUT2D eigenvalue weighted by Gasteiger charge is -2.26. The molecular formula is C40H67NO3. The summed E-state index contributed by atoms with van der Waals surface area (Å²) in [5, 5.41) is 0. The Morgan fingerprint density at radius 1 is 0.636 bits per heavy atom. The summed E-state index contributed by atoms with van der Waals surface area (Å²) in [4.78, 5) is 15.0. The molecule has 1 rings (SSSR count). The Hall–Kier alpha value is -2.17. The van der Waals surface area contributed by atoms with Crippen LogP contribution in [0.3, 0.4) is 0 Å². The number of morpholine rings is 1. The van der Waals surface area contributed by atoms with Gasteiger partial charge in [0.2, 0.25) is 0 Å². The van der Waals surface area contributed by atoms with Crippen molar-refractivity contribution in [2.24, 2.45) is 5.92 Å². The summed E-state index contributed by atoms with van der Waals surface area (Å²) >= 11 is 0. The second-order valence-corrected chi connectivity index (χ2v) is 13.5. The minimum Gasteiger partial charge on any atom is -0.465 e. The Kier molecular flexibility index (Phi) is 22.7. The molecule has 0 amide bonds. The van der Waals surface area contributed by atoms with Crippen molar-refractivity contribution in [1.29, 1.82) is 0 Å². The first-order valence-corrected chi connectivity index (χ1v) is 17.4. The fourth-order valence-corrected chi connectivity index (χ4v) is 5.20. The lowest BCUT2D eigenvalue weighted by molar-refractivity contribution is -0.145. The fraction of sp³-hybridized carbons (Fsp3) is 0.675. The van der Waals surface area contributed by atoms with Crippen LogP contribution in [0.2, 0.25) is 0 Å². The molecule has 0 N–H and O–H groups in total. The van der Waals surface area contributed by atoms with Gasteiger partial charge in [-0.3, -0.25) is 9.69 Å². The highest BCUT2D eigenvalue weighted by Crippen LogP contribution is 2.19. The quantitative estimate of drug-likeness (QED) is 0.0904. The standard InChI is InChI=1S/C40H67NO3/c1-33(2)14-9-16-35(5)18-11-20-37(7)23-25-39(32-44-40(42)22-13-27-41-28-30-43-31-29-41)26-24-38(8)21-12-19-36(6)17-10-15-34(3)4/h14-15,18-19,23-24,39H,9-13,16-17,20-22,25-32H2,1-8H3/b35-18+,36-19+,37-23+,38-24+. The van der Waals surface area contributed by atoms with Crippen molar-refractivity contribution < 1.29 is 14.3 Å². The van der Waals surface area contributed by atoms with Crippen molar-refractivity contribution >= 4 is 5.97 Å². The number of rotatable bonds is 22. The summed E-state index contributed by atoms with van der Waals surface area (Å²) in [6.45, 7) is 22.6. The molecule has 0 unspecified atom stereocenters. The van der Waals surface area contributed by atoms with Crippen LogP contribution in [0.15, 0.2) is 69.9 Å². The lowest BCUT2D eigenvalue weighted by atomic mass is 9.97. The zero-order valence-electron chi connectivity index (χ0n) is 29.9. The molecule has 0 saturated carbocycles. The molecule has 4 heteroatoms. The van der Waals surface area contributed by atoms with Gasteiger partial charge in [-0.2, -0.15) is 0 Å². The van der Waals surface area contributed by atoms with E-state index < -0.39 is 0 Å². The van der Waals surface area contributed by atoms with Crippen molar-refractivity contribution in [2.75, 3.05) is 39.5 Å². The molecule has 1 heterocycles. The minimum absolute atomic E-state index is 0.0629. The van der Waals surface area contributed by atoms with Crippen molar-refractivity contribution in [2.45, 2.75) is 132 Å². The monoisotopic (exact) mass is 610 g/mol. The molecule has 0 spiro atoms. The maximum atomic E-state index is 12.6. The van der Waals surface area contributed by atoms with Crippen LogP contribution < -0.4 is 0 Å². The van der Waals surface area contributed by atoms with Crippen LogP contribution in [0.1, 0.15) is 132 Å². The van der Waals surface area contributed by atoms with Crippen LogP contribution in [-0.4, -0.2) is 50.3 Å². The third kappa shape index (κ3) is 23.2. The van der Waals surface area contributed by atoms with Gasteiger partial charge in [0.1, 0.15) is 0 Å². The summed E-state index contributed by atoms with van der Waals surface area (Å²) in [6, 6.07) is 0. The molecule has 1 aliphatic heterocycles. The van der Waals surface area contributed by atoms with Crippen LogP contribution in [-0.2, 0) is 14.3 Å². The van der Waals surface area contributed by atoms with Crippen LogP contribution in [0.5, 0.6) is 0 Å². The first-order chi connectivity index (χ1) is 21.0. The molecule has 0 aliphatic carbocycles. The number of ether oxygens (including phenoxy) is 2. The Morgan fingerprint density at radius 3 is 1.52 bits per heavy atom. The summed E-state index contributed by atoms with van der Waals surface area (Å²) in [5.74, 6) is 0.248. The number of esters is 1. The van der Waals surface area contributed by atoms with E-state index in [0.29, 0.717) is 18.9 Å². The van der Waals surface area contributed by atoms with Gasteiger partial charge in [-0.1, -0.05) is 69.9 Å². The summed E-state index contributed by atoms with van der Waals surface area (Å²) < 4.78 is 11.2. The maximum Gasteiger partial charge on any atom is 0.305 e. The predicted molar refractivity (Wildman–Crippen MR) is 191 cm³/mol. The third-order valence-corrected chi connectivity index (χ3v) is 8.28. The van der Waals surface area contributed by atoms with Gasteiger partial charge >= 0.3 is 5.97 Å². The van der Waals surface area contributed by atoms with E-state index in [1.165, 1.54) is 33.4 Å². The highest BCUT2D eigenvalue weighted by Gasteiger charge is 2.13. The van der Waals surface area contributed by atoms with E-state index in [1.807, 2.05) is 0 Å². The topological polar surface area (TPSA) is 38.8 Å². The Bertz CT molecular complexity index is 920. The number of carbonyl (C=O) groups is 1. The van der Waals surface area contributed by atoms with Gasteiger partial charge in [-0.25, -0.2) is 0 Å². The number of hydrogen-bond acceptors (Lipinski definition) is 4. The summed E-state index contributed by atoms with van der Waals surface area (Å²) in [7, 11) is 0. The van der Waals surface area contributed by atoms with E-state index in [4.69, 9.17) is 9.47 Å². The maximum absolute atomic E-state index is 12.6. The summed E-state index contributed by atoms with van der Waals surface area (Å²) in [5.41, 5.74) is 8.60. The average molecular weight is 610 g/mol. The fourth-order valence-electron chi connectivity index (χ4n) is 5.20. The van der Waals surface area contributed by atoms with Gasteiger partial charge in [0.25, 0.3) is 0 Å². The number of carbonyl (C=O) groups excluding carboxylic acids is 1. The van der Waals surface area contributed by atoms with Crippen LogP contribution in [0.25, 0.3) is 0 Å². The first-order valence-electron chi connectivity index (χ1n) is 17.4. The molecule has 4 nitrogen and oxygen atoms in total. The van der Waals surface area contributed by atoms with Gasteiger partial charge in [0.15, 0.2) is 0 Å². The molecule has 0 aromatic heterocycles. The molecule has 44 heavy (non-hydrogen) atoms. The lowest BCUT2D eigenvalue weighted by Crippen LogP contribution is -2.37. The average Bonchev–Trinajstić information content (AvgIpc) is 2.97. The van der Waals surface area contributed by atoms with E-state index >= 15 is 0 Å². The molecule has 0 aromatic rings. The molecule has 250 valence electrons. The van der Waals surface area contributed by atoms with E-state index in [-0.39, 0.29) is 5.97 Å². The zero-order valence-corrected chi connectivity index (χ0v) is 29.9. The molecule has 1 fully saturated rings. The van der Waals surface area contributed by atoms with E-state index in [1.54, 1.807) is 0 Å². The molecule has 1 aliphatic rings. The van der Waals surface area contributed by atoms with Crippen LogP contribution in [0.4, 0.5) is 0 Å². The Morgan fingerprint density at radius 2 is 1.07 bits per heavy atom. The van der Waals surface area contributed by atoms with Crippen molar-refractivity contribution in [3.05, 3.63) is 69.9 Å². The highest BCUT2D eigenvalue weighted by atomic mass is 16.5. The Labute approximate surface area is 272 Å². The minimum atomic E-state index is -0.0629. The summed E-state index contributed by atoms with van der Waals surface area (Å²) in [6.07, 6.45) is 26.3. The third-order valence-electron chi connectivity index (χ3n) is 8.28. The number of hydrogen-bond donors (Lipinski definition) is 0. The molecular weight excluding hydrogens is 542 g/mol. The largest absolute Gasteiger partial charge is 0.465 e. The Balaban J connectivity index is 2.63. The normalized spacial score (nSPS) is 16.1. The van der Waals surface area contributed by atoms with Gasteiger partial charge in [-0.15, -0.1) is 0 Å². The smallest absolute Gasteiger partial charge is 0.305 e.